The Labute approximate surface area is 174 Å². The van der Waals surface area contributed by atoms with E-state index in [2.05, 4.69) is 19.9 Å². The van der Waals surface area contributed by atoms with Crippen molar-refractivity contribution in [2.75, 3.05) is 0 Å². The van der Waals surface area contributed by atoms with E-state index in [0.717, 1.165) is 11.1 Å². The van der Waals surface area contributed by atoms with Crippen molar-refractivity contribution in [3.8, 4) is 28.4 Å². The standard InChI is InChI=1S/C23H21N5O2/c1-15(2)29-22-11-17(28-23(24)19-5-3-4-10-27-19)6-7-18(22)21-9-8-20(30-21)16-12-25-14-26-13-16/h3-15H,1-2H3,(H2,24,28). The van der Waals surface area contributed by atoms with Crippen LogP contribution >= 0.6 is 0 Å². The Morgan fingerprint density at radius 1 is 1.03 bits per heavy atom. The predicted molar refractivity (Wildman–Crippen MR) is 116 cm³/mol. The summed E-state index contributed by atoms with van der Waals surface area (Å²) in [7, 11) is 0. The SMILES string of the molecule is CC(C)Oc1cc(N=C(N)c2ccccn2)ccc1-c1ccc(-c2cncnc2)o1. The quantitative estimate of drug-likeness (QED) is 0.375. The minimum atomic E-state index is -0.0203. The lowest BCUT2D eigenvalue weighted by Crippen LogP contribution is -2.14. The summed E-state index contributed by atoms with van der Waals surface area (Å²) in [5.41, 5.74) is 9.02. The van der Waals surface area contributed by atoms with Crippen LogP contribution in [0.4, 0.5) is 5.69 Å². The number of rotatable bonds is 6. The first-order chi connectivity index (χ1) is 14.6. The summed E-state index contributed by atoms with van der Waals surface area (Å²) in [5, 5.41) is 0. The largest absolute Gasteiger partial charge is 0.490 e. The Kier molecular flexibility index (Phi) is 5.52. The van der Waals surface area contributed by atoms with Crippen LogP contribution in [0.3, 0.4) is 0 Å². The van der Waals surface area contributed by atoms with E-state index in [1.54, 1.807) is 18.6 Å². The van der Waals surface area contributed by atoms with E-state index in [4.69, 9.17) is 14.9 Å². The van der Waals surface area contributed by atoms with E-state index in [1.807, 2.05) is 62.4 Å². The second-order valence-electron chi connectivity index (χ2n) is 6.85. The summed E-state index contributed by atoms with van der Waals surface area (Å²) in [6, 6.07) is 14.9. The molecule has 0 unspecified atom stereocenters. The fraction of sp³-hybridized carbons (Fsp3) is 0.130. The van der Waals surface area contributed by atoms with Crippen molar-refractivity contribution in [3.05, 3.63) is 79.1 Å². The molecule has 7 heteroatoms. The molecule has 3 heterocycles. The molecule has 4 aromatic rings. The Balaban J connectivity index is 1.70. The zero-order valence-corrected chi connectivity index (χ0v) is 16.7. The van der Waals surface area contributed by atoms with Gasteiger partial charge in [0.1, 0.15) is 35.1 Å². The molecule has 7 nitrogen and oxygen atoms in total. The molecule has 0 bridgehead atoms. The van der Waals surface area contributed by atoms with Gasteiger partial charge in [-0.15, -0.1) is 0 Å². The topological polar surface area (TPSA) is 99.4 Å². The van der Waals surface area contributed by atoms with Crippen LogP contribution in [-0.4, -0.2) is 26.9 Å². The molecule has 0 atom stereocenters. The van der Waals surface area contributed by atoms with E-state index in [-0.39, 0.29) is 6.10 Å². The van der Waals surface area contributed by atoms with Crippen molar-refractivity contribution in [1.82, 2.24) is 15.0 Å². The molecule has 0 aliphatic heterocycles. The van der Waals surface area contributed by atoms with Crippen LogP contribution in [-0.2, 0) is 0 Å². The maximum Gasteiger partial charge on any atom is 0.150 e. The number of nitrogens with two attached hydrogens (primary N) is 1. The smallest absolute Gasteiger partial charge is 0.150 e. The lowest BCUT2D eigenvalue weighted by molar-refractivity contribution is 0.243. The third-order valence-electron chi connectivity index (χ3n) is 4.22. The van der Waals surface area contributed by atoms with Crippen molar-refractivity contribution in [2.45, 2.75) is 20.0 Å². The monoisotopic (exact) mass is 399 g/mol. The fourth-order valence-corrected chi connectivity index (χ4v) is 2.91. The second kappa shape index (κ2) is 8.57. The molecule has 0 aliphatic carbocycles. The van der Waals surface area contributed by atoms with Gasteiger partial charge in [-0.2, -0.15) is 0 Å². The van der Waals surface area contributed by atoms with E-state index in [9.17, 15) is 0 Å². The molecule has 30 heavy (non-hydrogen) atoms. The van der Waals surface area contributed by atoms with Crippen LogP contribution in [0.1, 0.15) is 19.5 Å². The van der Waals surface area contributed by atoms with Crippen molar-refractivity contribution in [3.63, 3.8) is 0 Å². The van der Waals surface area contributed by atoms with Crippen LogP contribution in [0.5, 0.6) is 5.75 Å². The number of nitrogens with zero attached hydrogens (tertiary/aromatic N) is 4. The minimum absolute atomic E-state index is 0.0203. The van der Waals surface area contributed by atoms with E-state index >= 15 is 0 Å². The highest BCUT2D eigenvalue weighted by Gasteiger charge is 2.14. The van der Waals surface area contributed by atoms with Crippen LogP contribution in [0.2, 0.25) is 0 Å². The molecule has 0 saturated carbocycles. The lowest BCUT2D eigenvalue weighted by atomic mass is 10.1. The molecule has 0 aliphatic rings. The molecular weight excluding hydrogens is 378 g/mol. The summed E-state index contributed by atoms with van der Waals surface area (Å²) in [4.78, 5) is 16.8. The molecule has 0 saturated heterocycles. The molecule has 0 radical (unpaired) electrons. The van der Waals surface area contributed by atoms with Gasteiger partial charge in [-0.05, 0) is 50.2 Å². The van der Waals surface area contributed by atoms with Crippen molar-refractivity contribution < 1.29 is 9.15 Å². The predicted octanol–water partition coefficient (Wildman–Crippen LogP) is 4.62. The number of hydrogen-bond donors (Lipinski definition) is 1. The van der Waals surface area contributed by atoms with Crippen LogP contribution < -0.4 is 10.5 Å². The zero-order chi connectivity index (χ0) is 20.9. The Morgan fingerprint density at radius 3 is 2.57 bits per heavy atom. The van der Waals surface area contributed by atoms with Gasteiger partial charge < -0.3 is 14.9 Å². The number of aliphatic imine (C=N–C) groups is 1. The van der Waals surface area contributed by atoms with Gasteiger partial charge in [0.15, 0.2) is 0 Å². The Bertz CT molecular complexity index is 1150. The Hall–Kier alpha value is -4.00. The number of furan rings is 1. The average molecular weight is 399 g/mol. The van der Waals surface area contributed by atoms with E-state index in [0.29, 0.717) is 34.5 Å². The van der Waals surface area contributed by atoms with Gasteiger partial charge in [-0.1, -0.05) is 6.07 Å². The number of ether oxygens (including phenoxy) is 1. The van der Waals surface area contributed by atoms with Crippen molar-refractivity contribution >= 4 is 11.5 Å². The van der Waals surface area contributed by atoms with Gasteiger partial charge in [0, 0.05) is 24.7 Å². The van der Waals surface area contributed by atoms with E-state index < -0.39 is 0 Å². The first-order valence-electron chi connectivity index (χ1n) is 9.52. The normalized spacial score (nSPS) is 11.6. The molecule has 2 N–H and O–H groups in total. The number of benzene rings is 1. The minimum Gasteiger partial charge on any atom is -0.490 e. The number of amidine groups is 1. The first kappa shape index (κ1) is 19.3. The van der Waals surface area contributed by atoms with Gasteiger partial charge in [-0.25, -0.2) is 15.0 Å². The van der Waals surface area contributed by atoms with Crippen LogP contribution in [0.25, 0.3) is 22.6 Å². The molecule has 0 fully saturated rings. The zero-order valence-electron chi connectivity index (χ0n) is 16.7. The summed E-state index contributed by atoms with van der Waals surface area (Å²) in [5.74, 6) is 2.36. The molecule has 3 aromatic heterocycles. The second-order valence-corrected chi connectivity index (χ2v) is 6.85. The number of pyridine rings is 1. The molecule has 1 aromatic carbocycles. The maximum atomic E-state index is 6.11. The highest BCUT2D eigenvalue weighted by Crippen LogP contribution is 2.37. The summed E-state index contributed by atoms with van der Waals surface area (Å²) < 4.78 is 12.1. The highest BCUT2D eigenvalue weighted by molar-refractivity contribution is 5.97. The number of aromatic nitrogens is 3. The summed E-state index contributed by atoms with van der Waals surface area (Å²) in [6.45, 7) is 3.94. The van der Waals surface area contributed by atoms with Gasteiger partial charge in [0.25, 0.3) is 0 Å². The van der Waals surface area contributed by atoms with Crippen molar-refractivity contribution in [1.29, 1.82) is 0 Å². The average Bonchev–Trinajstić information content (AvgIpc) is 3.25. The van der Waals surface area contributed by atoms with Crippen LogP contribution in [0, 0.1) is 0 Å². The summed E-state index contributed by atoms with van der Waals surface area (Å²) >= 11 is 0. The molecule has 0 spiro atoms. The summed E-state index contributed by atoms with van der Waals surface area (Å²) in [6.07, 6.45) is 6.56. The maximum absolute atomic E-state index is 6.11. The van der Waals surface area contributed by atoms with E-state index in [1.165, 1.54) is 6.33 Å². The lowest BCUT2D eigenvalue weighted by Gasteiger charge is -2.14. The highest BCUT2D eigenvalue weighted by atomic mass is 16.5. The molecule has 4 rings (SSSR count). The van der Waals surface area contributed by atoms with Gasteiger partial charge in [0.2, 0.25) is 0 Å². The van der Waals surface area contributed by atoms with Gasteiger partial charge in [0.05, 0.1) is 22.9 Å². The fourth-order valence-electron chi connectivity index (χ4n) is 2.91. The molecular formula is C23H21N5O2. The molecule has 0 amide bonds. The third-order valence-corrected chi connectivity index (χ3v) is 4.22. The van der Waals surface area contributed by atoms with Gasteiger partial charge in [-0.3, -0.25) is 4.98 Å². The third kappa shape index (κ3) is 4.35. The molecule has 150 valence electrons. The number of hydrogen-bond acceptors (Lipinski definition) is 6. The van der Waals surface area contributed by atoms with Gasteiger partial charge >= 0.3 is 0 Å². The van der Waals surface area contributed by atoms with Crippen molar-refractivity contribution in [2.24, 2.45) is 10.7 Å². The first-order valence-corrected chi connectivity index (χ1v) is 9.52. The van der Waals surface area contributed by atoms with Crippen LogP contribution in [0.15, 0.2) is 82.9 Å². The Morgan fingerprint density at radius 2 is 1.83 bits per heavy atom.